The van der Waals surface area contributed by atoms with Crippen molar-refractivity contribution in [1.29, 1.82) is 0 Å². The van der Waals surface area contributed by atoms with E-state index in [4.69, 9.17) is 4.98 Å². The Morgan fingerprint density at radius 3 is 2.59 bits per heavy atom. The van der Waals surface area contributed by atoms with Crippen molar-refractivity contribution in [3.05, 3.63) is 26.6 Å². The molecule has 1 atom stereocenters. The van der Waals surface area contributed by atoms with Crippen molar-refractivity contribution in [2.24, 2.45) is 0 Å². The number of nitrogens with one attached hydrogen (secondary N) is 1. The number of hydrogen-bond acceptors (Lipinski definition) is 5. The largest absolute Gasteiger partial charge is 0.309 e. The van der Waals surface area contributed by atoms with Crippen molar-refractivity contribution in [2.45, 2.75) is 33.7 Å². The van der Waals surface area contributed by atoms with Crippen molar-refractivity contribution in [2.75, 3.05) is 32.7 Å². The van der Waals surface area contributed by atoms with Gasteiger partial charge in [0.05, 0.1) is 11.4 Å². The standard InChI is InChI=1S/C16H24N4OS/c1-5-19-6-8-20(9-7-19)11(3)14-17-15(21)13-10(2)12(4)22-16(13)18-14/h11H,5-9H2,1-4H3,(H,17,18,21). The van der Waals surface area contributed by atoms with Crippen LogP contribution in [0, 0.1) is 13.8 Å². The summed E-state index contributed by atoms with van der Waals surface area (Å²) in [5.74, 6) is 0.795. The number of likely N-dealkylation sites (N-methyl/N-ethyl adjacent to an activating group) is 1. The molecule has 120 valence electrons. The van der Waals surface area contributed by atoms with Gasteiger partial charge in [-0.25, -0.2) is 4.98 Å². The van der Waals surface area contributed by atoms with Gasteiger partial charge < -0.3 is 9.88 Å². The molecular weight excluding hydrogens is 296 g/mol. The minimum Gasteiger partial charge on any atom is -0.309 e. The SMILES string of the molecule is CCN1CCN(C(C)c2nc3sc(C)c(C)c3c(=O)[nH]2)CC1. The molecule has 1 saturated heterocycles. The van der Waals surface area contributed by atoms with Crippen molar-refractivity contribution < 1.29 is 0 Å². The van der Waals surface area contributed by atoms with Crippen LogP contribution in [0.15, 0.2) is 4.79 Å². The quantitative estimate of drug-likeness (QED) is 0.943. The van der Waals surface area contributed by atoms with Gasteiger partial charge in [-0.2, -0.15) is 0 Å². The first-order valence-electron chi connectivity index (χ1n) is 7.97. The predicted octanol–water partition coefficient (Wildman–Crippen LogP) is 2.30. The molecular formula is C16H24N4OS. The second kappa shape index (κ2) is 6.10. The van der Waals surface area contributed by atoms with Crippen LogP contribution in [0.2, 0.25) is 0 Å². The molecule has 0 aromatic carbocycles. The van der Waals surface area contributed by atoms with Crippen molar-refractivity contribution >= 4 is 21.6 Å². The van der Waals surface area contributed by atoms with E-state index < -0.39 is 0 Å². The summed E-state index contributed by atoms with van der Waals surface area (Å²) in [4.78, 5) is 27.1. The number of H-pyrrole nitrogens is 1. The van der Waals surface area contributed by atoms with E-state index in [0.29, 0.717) is 0 Å². The van der Waals surface area contributed by atoms with Crippen molar-refractivity contribution in [3.8, 4) is 0 Å². The Morgan fingerprint density at radius 2 is 1.95 bits per heavy atom. The van der Waals surface area contributed by atoms with E-state index in [1.165, 1.54) is 4.88 Å². The van der Waals surface area contributed by atoms with Gasteiger partial charge in [0.25, 0.3) is 5.56 Å². The fraction of sp³-hybridized carbons (Fsp3) is 0.625. The van der Waals surface area contributed by atoms with Crippen LogP contribution >= 0.6 is 11.3 Å². The number of fused-ring (bicyclic) bond motifs is 1. The van der Waals surface area contributed by atoms with E-state index in [-0.39, 0.29) is 11.6 Å². The molecule has 2 aromatic heterocycles. The Morgan fingerprint density at radius 1 is 1.27 bits per heavy atom. The Labute approximate surface area is 135 Å². The van der Waals surface area contributed by atoms with Crippen molar-refractivity contribution in [3.63, 3.8) is 0 Å². The van der Waals surface area contributed by atoms with E-state index in [1.54, 1.807) is 11.3 Å². The zero-order valence-electron chi connectivity index (χ0n) is 13.8. The smallest absolute Gasteiger partial charge is 0.259 e. The van der Waals surface area contributed by atoms with Crippen LogP contribution in [0.1, 0.15) is 36.2 Å². The molecule has 2 aromatic rings. The van der Waals surface area contributed by atoms with Crippen LogP contribution in [-0.4, -0.2) is 52.5 Å². The lowest BCUT2D eigenvalue weighted by Gasteiger charge is -2.37. The van der Waals surface area contributed by atoms with E-state index in [1.807, 2.05) is 13.8 Å². The minimum atomic E-state index is 0.000828. The van der Waals surface area contributed by atoms with E-state index in [2.05, 4.69) is 28.6 Å². The monoisotopic (exact) mass is 320 g/mol. The first-order valence-corrected chi connectivity index (χ1v) is 8.79. The molecule has 1 aliphatic rings. The summed E-state index contributed by atoms with van der Waals surface area (Å²) in [5.41, 5.74) is 1.06. The number of piperazine rings is 1. The number of thiophene rings is 1. The van der Waals surface area contributed by atoms with Crippen LogP contribution in [0.5, 0.6) is 0 Å². The average Bonchev–Trinajstić information content (AvgIpc) is 2.81. The molecule has 1 aliphatic heterocycles. The van der Waals surface area contributed by atoms with Gasteiger partial charge in [0.1, 0.15) is 10.7 Å². The molecule has 0 saturated carbocycles. The molecule has 3 rings (SSSR count). The molecule has 6 heteroatoms. The Bertz CT molecular complexity index is 728. The lowest BCUT2D eigenvalue weighted by molar-refractivity contribution is 0.103. The van der Waals surface area contributed by atoms with Gasteiger partial charge in [0, 0.05) is 31.1 Å². The van der Waals surface area contributed by atoms with E-state index in [9.17, 15) is 4.79 Å². The van der Waals surface area contributed by atoms with Crippen molar-refractivity contribution in [1.82, 2.24) is 19.8 Å². The Balaban J connectivity index is 1.88. The van der Waals surface area contributed by atoms with Crippen LogP contribution in [-0.2, 0) is 0 Å². The second-order valence-corrected chi connectivity index (χ2v) is 7.26. The molecule has 0 spiro atoms. The predicted molar refractivity (Wildman–Crippen MR) is 91.8 cm³/mol. The zero-order valence-corrected chi connectivity index (χ0v) is 14.6. The normalized spacial score (nSPS) is 18.9. The highest BCUT2D eigenvalue weighted by Gasteiger charge is 2.23. The summed E-state index contributed by atoms with van der Waals surface area (Å²) in [6, 6.07) is 0.152. The fourth-order valence-electron chi connectivity index (χ4n) is 3.11. The third-order valence-electron chi connectivity index (χ3n) is 4.85. The fourth-order valence-corrected chi connectivity index (χ4v) is 4.15. The average molecular weight is 320 g/mol. The molecule has 5 nitrogen and oxygen atoms in total. The summed E-state index contributed by atoms with van der Waals surface area (Å²) < 4.78 is 0. The number of aromatic amines is 1. The highest BCUT2D eigenvalue weighted by molar-refractivity contribution is 7.18. The highest BCUT2D eigenvalue weighted by atomic mass is 32.1. The van der Waals surface area contributed by atoms with Gasteiger partial charge in [-0.15, -0.1) is 11.3 Å². The summed E-state index contributed by atoms with van der Waals surface area (Å²) >= 11 is 1.62. The summed E-state index contributed by atoms with van der Waals surface area (Å²) in [6.07, 6.45) is 0. The third kappa shape index (κ3) is 2.71. The molecule has 1 unspecified atom stereocenters. The first kappa shape index (κ1) is 15.6. The molecule has 1 fully saturated rings. The lowest BCUT2D eigenvalue weighted by Crippen LogP contribution is -2.47. The van der Waals surface area contributed by atoms with Gasteiger partial charge in [-0.1, -0.05) is 6.92 Å². The summed E-state index contributed by atoms with van der Waals surface area (Å²) in [5, 5.41) is 0.759. The van der Waals surface area contributed by atoms with Gasteiger partial charge >= 0.3 is 0 Å². The molecule has 22 heavy (non-hydrogen) atoms. The number of aryl methyl sites for hydroxylation is 2. The molecule has 0 radical (unpaired) electrons. The number of hydrogen-bond donors (Lipinski definition) is 1. The van der Waals surface area contributed by atoms with Gasteiger partial charge in [-0.05, 0) is 32.9 Å². The summed E-state index contributed by atoms with van der Waals surface area (Å²) in [7, 11) is 0. The van der Waals surface area contributed by atoms with Crippen LogP contribution in [0.3, 0.4) is 0 Å². The number of nitrogens with zero attached hydrogens (tertiary/aromatic N) is 3. The van der Waals surface area contributed by atoms with Gasteiger partial charge in [-0.3, -0.25) is 9.69 Å². The van der Waals surface area contributed by atoms with Crippen LogP contribution in [0.25, 0.3) is 10.2 Å². The maximum atomic E-state index is 12.4. The maximum Gasteiger partial charge on any atom is 0.259 e. The van der Waals surface area contributed by atoms with E-state index >= 15 is 0 Å². The summed E-state index contributed by atoms with van der Waals surface area (Å²) in [6.45, 7) is 13.7. The molecule has 0 bridgehead atoms. The van der Waals surface area contributed by atoms with Crippen LogP contribution in [0.4, 0.5) is 0 Å². The molecule has 0 aliphatic carbocycles. The van der Waals surface area contributed by atoms with Gasteiger partial charge in [0.2, 0.25) is 0 Å². The first-order chi connectivity index (χ1) is 10.5. The number of aromatic nitrogens is 2. The molecule has 0 amide bonds. The lowest BCUT2D eigenvalue weighted by atomic mass is 10.2. The second-order valence-electron chi connectivity index (χ2n) is 6.06. The zero-order chi connectivity index (χ0) is 15.9. The van der Waals surface area contributed by atoms with E-state index in [0.717, 1.165) is 54.3 Å². The topological polar surface area (TPSA) is 52.2 Å². The Kier molecular flexibility index (Phi) is 4.34. The minimum absolute atomic E-state index is 0.000828. The number of rotatable bonds is 3. The molecule has 1 N–H and O–H groups in total. The third-order valence-corrected chi connectivity index (χ3v) is 5.96. The van der Waals surface area contributed by atoms with Crippen LogP contribution < -0.4 is 5.56 Å². The highest BCUT2D eigenvalue weighted by Crippen LogP contribution is 2.27. The Hall–Kier alpha value is -1.24. The maximum absolute atomic E-state index is 12.4. The molecule has 3 heterocycles. The van der Waals surface area contributed by atoms with Gasteiger partial charge in [0.15, 0.2) is 0 Å².